The molecule has 0 saturated heterocycles. The second-order valence-electron chi connectivity index (χ2n) is 4.57. The van der Waals surface area contributed by atoms with E-state index in [9.17, 15) is 9.59 Å². The summed E-state index contributed by atoms with van der Waals surface area (Å²) in [7, 11) is 0. The number of benzene rings is 1. The largest absolute Gasteiger partial charge is 0.480 e. The highest BCUT2D eigenvalue weighted by Crippen LogP contribution is 2.28. The Morgan fingerprint density at radius 2 is 2.00 bits per heavy atom. The van der Waals surface area contributed by atoms with Crippen LogP contribution in [0, 0.1) is 20.8 Å². The van der Waals surface area contributed by atoms with Crippen molar-refractivity contribution in [2.24, 2.45) is 0 Å². The molecule has 5 heteroatoms. The fourth-order valence-corrected chi connectivity index (χ4v) is 3.05. The minimum atomic E-state index is -1.01. The van der Waals surface area contributed by atoms with Gasteiger partial charge in [-0.3, -0.25) is 14.2 Å². The van der Waals surface area contributed by atoms with Gasteiger partial charge in [0.05, 0.1) is 5.69 Å². The number of rotatable bonds is 3. The van der Waals surface area contributed by atoms with E-state index in [0.717, 1.165) is 38.6 Å². The van der Waals surface area contributed by atoms with Gasteiger partial charge in [0, 0.05) is 10.4 Å². The molecule has 0 spiro atoms. The molecular formula is C14H15NO3S. The lowest BCUT2D eigenvalue weighted by Crippen LogP contribution is -2.20. The van der Waals surface area contributed by atoms with E-state index in [4.69, 9.17) is 5.11 Å². The van der Waals surface area contributed by atoms with Crippen molar-refractivity contribution in [3.05, 3.63) is 43.9 Å². The van der Waals surface area contributed by atoms with E-state index in [0.29, 0.717) is 0 Å². The van der Waals surface area contributed by atoms with Crippen molar-refractivity contribution in [1.29, 1.82) is 0 Å². The summed E-state index contributed by atoms with van der Waals surface area (Å²) in [6.45, 7) is 5.52. The number of carboxylic acid groups (broad SMARTS) is 1. The molecule has 0 radical (unpaired) electrons. The van der Waals surface area contributed by atoms with E-state index in [2.05, 4.69) is 0 Å². The maximum absolute atomic E-state index is 11.9. The van der Waals surface area contributed by atoms with E-state index in [1.54, 1.807) is 0 Å². The fraction of sp³-hybridized carbons (Fsp3) is 0.286. The number of aryl methyl sites for hydroxylation is 3. The lowest BCUT2D eigenvalue weighted by atomic mass is 10.0. The number of thiazole rings is 1. The zero-order chi connectivity index (χ0) is 14.2. The van der Waals surface area contributed by atoms with Crippen molar-refractivity contribution < 1.29 is 9.90 Å². The molecule has 1 N–H and O–H groups in total. The predicted molar refractivity (Wildman–Crippen MR) is 75.9 cm³/mol. The van der Waals surface area contributed by atoms with Gasteiger partial charge in [0.25, 0.3) is 0 Å². The van der Waals surface area contributed by atoms with Gasteiger partial charge >= 0.3 is 10.8 Å². The summed E-state index contributed by atoms with van der Waals surface area (Å²) in [5.41, 5.74) is 3.82. The topological polar surface area (TPSA) is 59.3 Å². The summed E-state index contributed by atoms with van der Waals surface area (Å²) >= 11 is 1.09. The fourth-order valence-electron chi connectivity index (χ4n) is 2.21. The Bertz CT molecular complexity index is 697. The third-order valence-electron chi connectivity index (χ3n) is 2.99. The summed E-state index contributed by atoms with van der Waals surface area (Å²) in [6.07, 6.45) is 0. The normalized spacial score (nSPS) is 10.7. The molecule has 0 fully saturated rings. The quantitative estimate of drug-likeness (QED) is 0.938. The second-order valence-corrected chi connectivity index (χ2v) is 5.74. The lowest BCUT2D eigenvalue weighted by Gasteiger charge is -2.10. The van der Waals surface area contributed by atoms with Gasteiger partial charge in [-0.05, 0) is 26.3 Å². The summed E-state index contributed by atoms with van der Waals surface area (Å²) in [4.78, 5) is 23.4. The Kier molecular flexibility index (Phi) is 3.57. The highest BCUT2D eigenvalue weighted by Gasteiger charge is 2.17. The Labute approximate surface area is 115 Å². The van der Waals surface area contributed by atoms with Crippen LogP contribution in [-0.4, -0.2) is 15.6 Å². The van der Waals surface area contributed by atoms with Crippen LogP contribution in [0.25, 0.3) is 11.3 Å². The highest BCUT2D eigenvalue weighted by atomic mass is 32.1. The maximum atomic E-state index is 11.9. The molecule has 100 valence electrons. The monoisotopic (exact) mass is 277 g/mol. The summed E-state index contributed by atoms with van der Waals surface area (Å²) in [6, 6.07) is 5.94. The first kappa shape index (κ1) is 13.5. The first-order chi connectivity index (χ1) is 8.90. The molecular weight excluding hydrogens is 262 g/mol. The van der Waals surface area contributed by atoms with E-state index in [1.807, 2.05) is 39.0 Å². The van der Waals surface area contributed by atoms with Crippen LogP contribution in [0.2, 0.25) is 0 Å². The van der Waals surface area contributed by atoms with Crippen LogP contribution in [-0.2, 0) is 11.3 Å². The first-order valence-electron chi connectivity index (χ1n) is 5.90. The van der Waals surface area contributed by atoms with Crippen molar-refractivity contribution >= 4 is 17.3 Å². The number of aromatic nitrogens is 1. The van der Waals surface area contributed by atoms with Crippen molar-refractivity contribution in [3.8, 4) is 11.3 Å². The van der Waals surface area contributed by atoms with Gasteiger partial charge in [-0.2, -0.15) is 0 Å². The summed E-state index contributed by atoms with van der Waals surface area (Å²) in [5, 5.41) is 8.93. The highest BCUT2D eigenvalue weighted by molar-refractivity contribution is 7.09. The molecule has 0 aliphatic rings. The zero-order valence-electron chi connectivity index (χ0n) is 11.1. The summed E-state index contributed by atoms with van der Waals surface area (Å²) in [5.74, 6) is -1.01. The molecule has 1 aromatic heterocycles. The van der Waals surface area contributed by atoms with Crippen molar-refractivity contribution in [1.82, 2.24) is 4.57 Å². The van der Waals surface area contributed by atoms with Gasteiger partial charge in [0.2, 0.25) is 0 Å². The molecule has 1 heterocycles. The standard InChI is InChI=1S/C14H15NO3S/c1-8-4-5-11(9(2)6-8)13-10(3)19-14(18)15(13)7-12(16)17/h4-6H,7H2,1-3H3,(H,16,17). The zero-order valence-corrected chi connectivity index (χ0v) is 11.9. The predicted octanol–water partition coefficient (Wildman–Crippen LogP) is 2.59. The second kappa shape index (κ2) is 5.01. The molecule has 4 nitrogen and oxygen atoms in total. The smallest absolute Gasteiger partial charge is 0.323 e. The molecule has 2 rings (SSSR count). The van der Waals surface area contributed by atoms with Crippen LogP contribution in [0.5, 0.6) is 0 Å². The number of carboxylic acids is 1. The first-order valence-corrected chi connectivity index (χ1v) is 6.71. The third kappa shape index (κ3) is 2.61. The van der Waals surface area contributed by atoms with Crippen LogP contribution >= 0.6 is 11.3 Å². The Balaban J connectivity index is 2.67. The average molecular weight is 277 g/mol. The number of hydrogen-bond donors (Lipinski definition) is 1. The van der Waals surface area contributed by atoms with E-state index >= 15 is 0 Å². The number of nitrogens with zero attached hydrogens (tertiary/aromatic N) is 1. The molecule has 0 aliphatic carbocycles. The Morgan fingerprint density at radius 3 is 2.58 bits per heavy atom. The van der Waals surface area contributed by atoms with Crippen molar-refractivity contribution in [2.45, 2.75) is 27.3 Å². The molecule has 0 aliphatic heterocycles. The Hall–Kier alpha value is -1.88. The summed E-state index contributed by atoms with van der Waals surface area (Å²) < 4.78 is 1.33. The van der Waals surface area contributed by atoms with Gasteiger partial charge in [-0.15, -0.1) is 0 Å². The Morgan fingerprint density at radius 1 is 1.32 bits per heavy atom. The van der Waals surface area contributed by atoms with Crippen LogP contribution in [0.15, 0.2) is 23.0 Å². The SMILES string of the molecule is Cc1ccc(-c2c(C)sc(=O)n2CC(=O)O)c(C)c1. The van der Waals surface area contributed by atoms with Crippen LogP contribution < -0.4 is 4.87 Å². The number of carbonyl (C=O) groups is 1. The van der Waals surface area contributed by atoms with Gasteiger partial charge in [0.15, 0.2) is 0 Å². The van der Waals surface area contributed by atoms with Crippen molar-refractivity contribution in [3.63, 3.8) is 0 Å². The molecule has 2 aromatic rings. The van der Waals surface area contributed by atoms with Crippen LogP contribution in [0.4, 0.5) is 0 Å². The molecule has 0 bridgehead atoms. The lowest BCUT2D eigenvalue weighted by molar-refractivity contribution is -0.137. The number of hydrogen-bond acceptors (Lipinski definition) is 3. The minimum Gasteiger partial charge on any atom is -0.480 e. The van der Waals surface area contributed by atoms with Gasteiger partial charge in [-0.1, -0.05) is 35.1 Å². The molecule has 0 amide bonds. The van der Waals surface area contributed by atoms with Crippen LogP contribution in [0.1, 0.15) is 16.0 Å². The number of aliphatic carboxylic acids is 1. The minimum absolute atomic E-state index is 0.227. The van der Waals surface area contributed by atoms with E-state index < -0.39 is 5.97 Å². The van der Waals surface area contributed by atoms with E-state index in [-0.39, 0.29) is 11.4 Å². The maximum Gasteiger partial charge on any atom is 0.323 e. The van der Waals surface area contributed by atoms with Gasteiger partial charge in [0.1, 0.15) is 6.54 Å². The average Bonchev–Trinajstić information content (AvgIpc) is 2.54. The molecule has 0 atom stereocenters. The van der Waals surface area contributed by atoms with Gasteiger partial charge < -0.3 is 5.11 Å². The van der Waals surface area contributed by atoms with Crippen molar-refractivity contribution in [2.75, 3.05) is 0 Å². The van der Waals surface area contributed by atoms with Gasteiger partial charge in [-0.25, -0.2) is 0 Å². The third-order valence-corrected chi connectivity index (χ3v) is 3.89. The van der Waals surface area contributed by atoms with E-state index in [1.165, 1.54) is 4.57 Å². The molecule has 19 heavy (non-hydrogen) atoms. The molecule has 1 aromatic carbocycles. The van der Waals surface area contributed by atoms with Crippen LogP contribution in [0.3, 0.4) is 0 Å². The molecule has 0 saturated carbocycles. The molecule has 0 unspecified atom stereocenters.